The number of anilines is 1. The molecule has 1 unspecified atom stereocenters. The number of hydrogen-bond donors (Lipinski definition) is 4. The van der Waals surface area contributed by atoms with Gasteiger partial charge in [-0.2, -0.15) is 5.10 Å². The number of fused-ring (bicyclic) bond motifs is 1. The van der Waals surface area contributed by atoms with Crippen LogP contribution in [0.4, 0.5) is 5.82 Å². The highest BCUT2D eigenvalue weighted by atomic mass is 16.5. The number of unbranched alkanes of at least 4 members (excludes halogenated alkanes) is 1. The van der Waals surface area contributed by atoms with Gasteiger partial charge in [0.05, 0.1) is 11.3 Å². The van der Waals surface area contributed by atoms with Gasteiger partial charge in [-0.25, -0.2) is 10.8 Å². The molecule has 0 radical (unpaired) electrons. The molecule has 1 atom stereocenters. The monoisotopic (exact) mass is 436 g/mol. The highest BCUT2D eigenvalue weighted by Crippen LogP contribution is 2.33. The van der Waals surface area contributed by atoms with Crippen LogP contribution in [-0.4, -0.2) is 22.8 Å². The Hall–Kier alpha value is -3.39. The number of carbonyl (C=O) groups excluding carboxylic acids is 1. The zero-order valence-electron chi connectivity index (χ0n) is 18.6. The first-order chi connectivity index (χ1) is 15.6. The lowest BCUT2D eigenvalue weighted by atomic mass is 9.85. The molecule has 170 valence electrons. The van der Waals surface area contributed by atoms with Gasteiger partial charge in [-0.3, -0.25) is 4.79 Å². The second-order valence-corrected chi connectivity index (χ2v) is 7.79. The number of allylic oxidation sites excluding steroid dienone is 1. The van der Waals surface area contributed by atoms with Crippen LogP contribution in [0.2, 0.25) is 0 Å². The van der Waals surface area contributed by atoms with Crippen molar-refractivity contribution in [3.05, 3.63) is 65.4 Å². The Kier molecular flexibility index (Phi) is 8.21. The fourth-order valence-electron chi connectivity index (χ4n) is 3.95. The molecule has 32 heavy (non-hydrogen) atoms. The summed E-state index contributed by atoms with van der Waals surface area (Å²) in [4.78, 5) is 16.9. The van der Waals surface area contributed by atoms with Gasteiger partial charge in [-0.15, -0.1) is 6.58 Å². The highest BCUT2D eigenvalue weighted by Gasteiger charge is 2.23. The smallest absolute Gasteiger partial charge is 0.255 e. The molecule has 1 aliphatic rings. The van der Waals surface area contributed by atoms with Gasteiger partial charge in [0.1, 0.15) is 11.6 Å². The van der Waals surface area contributed by atoms with E-state index in [9.17, 15) is 4.79 Å². The van der Waals surface area contributed by atoms with Gasteiger partial charge >= 0.3 is 0 Å². The number of carbonyl (C=O) groups is 1. The quantitative estimate of drug-likeness (QED) is 0.196. The van der Waals surface area contributed by atoms with Crippen LogP contribution in [0, 0.1) is 0 Å². The zero-order valence-corrected chi connectivity index (χ0v) is 18.6. The fraction of sp³-hybridized carbons (Fsp3) is 0.375. The first kappa shape index (κ1) is 23.3. The predicted molar refractivity (Wildman–Crippen MR) is 127 cm³/mol. The zero-order chi connectivity index (χ0) is 22.9. The van der Waals surface area contributed by atoms with Gasteiger partial charge in [0, 0.05) is 23.7 Å². The molecule has 0 saturated carbocycles. The van der Waals surface area contributed by atoms with Crippen molar-refractivity contribution in [2.75, 3.05) is 5.43 Å². The van der Waals surface area contributed by atoms with E-state index in [-0.39, 0.29) is 5.91 Å². The van der Waals surface area contributed by atoms with E-state index >= 15 is 0 Å². The van der Waals surface area contributed by atoms with Crippen LogP contribution in [0.15, 0.2) is 48.2 Å². The van der Waals surface area contributed by atoms with Crippen LogP contribution in [-0.2, 0) is 12.8 Å². The van der Waals surface area contributed by atoms with Crippen LogP contribution in [0.3, 0.4) is 0 Å². The minimum absolute atomic E-state index is 0.247. The van der Waals surface area contributed by atoms with Crippen molar-refractivity contribution in [1.82, 2.24) is 10.3 Å². The molecule has 1 heterocycles. The van der Waals surface area contributed by atoms with Crippen LogP contribution < -0.4 is 27.2 Å². The van der Waals surface area contributed by atoms with Crippen molar-refractivity contribution in [2.24, 2.45) is 16.8 Å². The fourth-order valence-corrected chi connectivity index (χ4v) is 3.95. The molecule has 0 saturated heterocycles. The van der Waals surface area contributed by atoms with E-state index in [1.54, 1.807) is 12.1 Å². The van der Waals surface area contributed by atoms with Crippen molar-refractivity contribution in [2.45, 2.75) is 58.1 Å². The third-order valence-electron chi connectivity index (χ3n) is 5.60. The molecule has 0 fully saturated rings. The number of hydrazone groups is 1. The molecular formula is C24H32N6O2. The Bertz CT molecular complexity index is 971. The van der Waals surface area contributed by atoms with Crippen LogP contribution in [0.5, 0.6) is 5.75 Å². The number of benzene rings is 1. The maximum absolute atomic E-state index is 12.8. The number of nitrogens with two attached hydrogens (primary N) is 2. The number of nitrogen functional groups attached to an aromatic ring is 1. The second kappa shape index (κ2) is 11.3. The summed E-state index contributed by atoms with van der Waals surface area (Å²) < 4.78 is 6.37. The molecular weight excluding hydrogens is 404 g/mol. The Morgan fingerprint density at radius 3 is 2.84 bits per heavy atom. The molecule has 1 aromatic carbocycles. The van der Waals surface area contributed by atoms with Crippen LogP contribution in [0.1, 0.15) is 66.1 Å². The Labute approximate surface area is 189 Å². The second-order valence-electron chi connectivity index (χ2n) is 7.79. The third-order valence-corrected chi connectivity index (χ3v) is 5.60. The number of rotatable bonds is 10. The molecule has 0 spiro atoms. The molecule has 3 rings (SSSR count). The van der Waals surface area contributed by atoms with Gasteiger partial charge in [-0.05, 0) is 61.9 Å². The van der Waals surface area contributed by atoms with Gasteiger partial charge in [0.2, 0.25) is 0 Å². The number of nitrogens with zero attached hydrogens (tertiary/aromatic N) is 2. The first-order valence-electron chi connectivity index (χ1n) is 11.0. The molecule has 1 amide bonds. The number of aromatic nitrogens is 1. The van der Waals surface area contributed by atoms with Crippen molar-refractivity contribution in [1.29, 1.82) is 0 Å². The lowest BCUT2D eigenvalue weighted by Crippen LogP contribution is -2.39. The summed E-state index contributed by atoms with van der Waals surface area (Å²) >= 11 is 0. The summed E-state index contributed by atoms with van der Waals surface area (Å²) in [6.45, 7) is 6.02. The minimum atomic E-state index is -0.470. The van der Waals surface area contributed by atoms with Crippen molar-refractivity contribution in [3.63, 3.8) is 0 Å². The Balaban J connectivity index is 1.85. The number of hydrazine groups is 1. The van der Waals surface area contributed by atoms with E-state index in [0.717, 1.165) is 54.7 Å². The highest BCUT2D eigenvalue weighted by molar-refractivity contribution is 6.03. The van der Waals surface area contributed by atoms with E-state index < -0.39 is 6.23 Å². The normalized spacial score (nSPS) is 15.0. The largest absolute Gasteiger partial charge is 0.470 e. The number of ether oxygens (including phenoxy) is 1. The van der Waals surface area contributed by atoms with E-state index in [1.807, 2.05) is 18.2 Å². The average molecular weight is 437 g/mol. The van der Waals surface area contributed by atoms with Crippen molar-refractivity contribution < 1.29 is 9.53 Å². The lowest BCUT2D eigenvalue weighted by Gasteiger charge is -2.26. The number of amides is 1. The predicted octanol–water partition coefficient (Wildman–Crippen LogP) is 3.42. The average Bonchev–Trinajstić information content (AvgIpc) is 2.83. The molecule has 0 bridgehead atoms. The summed E-state index contributed by atoms with van der Waals surface area (Å²) in [7, 11) is 0. The molecule has 2 aromatic rings. The lowest BCUT2D eigenvalue weighted by molar-refractivity contribution is 0.0809. The standard InChI is InChI=1S/C24H32N6O2/c1-3-5-10-23(28-24(31)16-11-14-22(30-26)27-15-16)32-21-13-12-18-17(19(21)7-4-2)8-6-9-20(18)29-25/h4,11-15,23H,2-3,5-10,25-26H2,1H3,(H,27,30)(H,28,31). The third kappa shape index (κ3) is 5.45. The molecule has 1 aliphatic carbocycles. The topological polar surface area (TPSA) is 128 Å². The SMILES string of the molecule is C=CCc1c(OC(CCCC)NC(=O)c2ccc(NN)nc2)ccc2c1CCCC2=NN. The molecule has 8 heteroatoms. The van der Waals surface area contributed by atoms with Crippen molar-refractivity contribution in [3.8, 4) is 5.75 Å². The summed E-state index contributed by atoms with van der Waals surface area (Å²) in [6.07, 6.45) is 8.97. The van der Waals surface area contributed by atoms with Crippen molar-refractivity contribution >= 4 is 17.4 Å². The molecule has 6 N–H and O–H groups in total. The minimum Gasteiger partial charge on any atom is -0.470 e. The van der Waals surface area contributed by atoms with Gasteiger partial charge in [-0.1, -0.05) is 19.4 Å². The van der Waals surface area contributed by atoms with E-state index in [4.69, 9.17) is 16.4 Å². The van der Waals surface area contributed by atoms with Gasteiger partial charge in [0.15, 0.2) is 6.23 Å². The van der Waals surface area contributed by atoms with Crippen LogP contribution in [0.25, 0.3) is 0 Å². The number of hydrogen-bond acceptors (Lipinski definition) is 7. The van der Waals surface area contributed by atoms with Gasteiger partial charge < -0.3 is 21.3 Å². The van der Waals surface area contributed by atoms with E-state index in [1.165, 1.54) is 11.8 Å². The number of pyridine rings is 1. The van der Waals surface area contributed by atoms with Gasteiger partial charge in [0.25, 0.3) is 5.91 Å². The number of nitrogens with one attached hydrogen (secondary N) is 2. The summed E-state index contributed by atoms with van der Waals surface area (Å²) in [5.41, 5.74) is 7.17. The Morgan fingerprint density at radius 2 is 2.19 bits per heavy atom. The summed E-state index contributed by atoms with van der Waals surface area (Å²) in [5, 5.41) is 6.98. The van der Waals surface area contributed by atoms with E-state index in [2.05, 4.69) is 34.3 Å². The maximum Gasteiger partial charge on any atom is 0.255 e. The molecule has 0 aliphatic heterocycles. The van der Waals surface area contributed by atoms with E-state index in [0.29, 0.717) is 24.2 Å². The van der Waals surface area contributed by atoms with Crippen LogP contribution >= 0.6 is 0 Å². The molecule has 8 nitrogen and oxygen atoms in total. The molecule has 1 aromatic heterocycles. The maximum atomic E-state index is 12.8. The first-order valence-corrected chi connectivity index (χ1v) is 11.0. The summed E-state index contributed by atoms with van der Waals surface area (Å²) in [6, 6.07) is 7.29. The summed E-state index contributed by atoms with van der Waals surface area (Å²) in [5.74, 6) is 12.0. The Morgan fingerprint density at radius 1 is 1.34 bits per heavy atom.